The van der Waals surface area contributed by atoms with Gasteiger partial charge in [0.15, 0.2) is 0 Å². The second-order valence-electron chi connectivity index (χ2n) is 5.45. The number of ether oxygens (including phenoxy) is 1. The first-order valence-electron chi connectivity index (χ1n) is 7.63. The zero-order valence-corrected chi connectivity index (χ0v) is 13.7. The number of rotatable bonds is 4. The summed E-state index contributed by atoms with van der Waals surface area (Å²) in [5, 5.41) is 3.40. The Hall–Kier alpha value is -3.16. The Morgan fingerprint density at radius 2 is 1.77 bits per heavy atom. The minimum Gasteiger partial charge on any atom is -0.465 e. The fraction of sp³-hybridized carbons (Fsp3) is 0.167. The SMILES string of the molecule is COC(=O)c1ccc(CNc2nc(C(F)(F)F)nc3ccccc23)cc1. The molecule has 0 fully saturated rings. The summed E-state index contributed by atoms with van der Waals surface area (Å²) in [4.78, 5) is 18.6. The van der Waals surface area contributed by atoms with Gasteiger partial charge in [-0.1, -0.05) is 24.3 Å². The number of esters is 1. The summed E-state index contributed by atoms with van der Waals surface area (Å²) in [6, 6.07) is 13.0. The molecule has 0 spiro atoms. The van der Waals surface area contributed by atoms with Gasteiger partial charge in [-0.25, -0.2) is 14.8 Å². The molecule has 0 radical (unpaired) electrons. The van der Waals surface area contributed by atoms with Crippen LogP contribution in [0.2, 0.25) is 0 Å². The predicted octanol–water partition coefficient (Wildman–Crippen LogP) is 4.05. The average molecular weight is 361 g/mol. The number of halogens is 3. The van der Waals surface area contributed by atoms with E-state index in [2.05, 4.69) is 20.0 Å². The number of fused-ring (bicyclic) bond motifs is 1. The molecule has 26 heavy (non-hydrogen) atoms. The molecule has 1 heterocycles. The van der Waals surface area contributed by atoms with E-state index in [0.29, 0.717) is 10.9 Å². The molecule has 0 aliphatic rings. The Morgan fingerprint density at radius 1 is 1.08 bits per heavy atom. The first-order chi connectivity index (χ1) is 12.4. The van der Waals surface area contributed by atoms with Crippen LogP contribution in [0.5, 0.6) is 0 Å². The summed E-state index contributed by atoms with van der Waals surface area (Å²) in [5.41, 5.74) is 1.37. The van der Waals surface area contributed by atoms with Gasteiger partial charge in [-0.05, 0) is 29.8 Å². The quantitative estimate of drug-likeness (QED) is 0.711. The molecular formula is C18H14F3N3O2. The van der Waals surface area contributed by atoms with Gasteiger partial charge in [0.05, 0.1) is 18.2 Å². The lowest BCUT2D eigenvalue weighted by Crippen LogP contribution is -2.13. The number of benzene rings is 2. The molecule has 1 aromatic heterocycles. The number of carbonyl (C=O) groups is 1. The third kappa shape index (κ3) is 3.74. The molecule has 8 heteroatoms. The van der Waals surface area contributed by atoms with E-state index in [9.17, 15) is 18.0 Å². The highest BCUT2D eigenvalue weighted by Crippen LogP contribution is 2.30. The normalized spacial score (nSPS) is 11.4. The molecule has 0 atom stereocenters. The molecular weight excluding hydrogens is 347 g/mol. The van der Waals surface area contributed by atoms with Crippen LogP contribution in [0.1, 0.15) is 21.7 Å². The molecule has 1 N–H and O–H groups in total. The number of hydrogen-bond acceptors (Lipinski definition) is 5. The van der Waals surface area contributed by atoms with Gasteiger partial charge in [-0.2, -0.15) is 13.2 Å². The second kappa shape index (κ2) is 6.99. The minimum absolute atomic E-state index is 0.0972. The smallest absolute Gasteiger partial charge is 0.451 e. The highest BCUT2D eigenvalue weighted by molar-refractivity contribution is 5.90. The van der Waals surface area contributed by atoms with Crippen molar-refractivity contribution in [3.8, 4) is 0 Å². The van der Waals surface area contributed by atoms with Crippen molar-refractivity contribution < 1.29 is 22.7 Å². The van der Waals surface area contributed by atoms with E-state index in [1.165, 1.54) is 13.2 Å². The number of nitrogens with zero attached hydrogens (tertiary/aromatic N) is 2. The van der Waals surface area contributed by atoms with Crippen LogP contribution >= 0.6 is 0 Å². The summed E-state index contributed by atoms with van der Waals surface area (Å²) in [5.74, 6) is -1.55. The maximum absolute atomic E-state index is 13.0. The van der Waals surface area contributed by atoms with Gasteiger partial charge in [0.2, 0.25) is 5.82 Å². The first kappa shape index (κ1) is 17.7. The highest BCUT2D eigenvalue weighted by Gasteiger charge is 2.35. The summed E-state index contributed by atoms with van der Waals surface area (Å²) in [6.45, 7) is 0.236. The van der Waals surface area contributed by atoms with Gasteiger partial charge < -0.3 is 10.1 Å². The van der Waals surface area contributed by atoms with Crippen molar-refractivity contribution in [2.75, 3.05) is 12.4 Å². The standard InChI is InChI=1S/C18H14F3N3O2/c1-26-16(25)12-8-6-11(7-9-12)10-22-15-13-4-2-3-5-14(13)23-17(24-15)18(19,20)21/h2-9H,10H2,1H3,(H,22,23,24). The van der Waals surface area contributed by atoms with Gasteiger partial charge >= 0.3 is 12.1 Å². The van der Waals surface area contributed by atoms with E-state index in [1.54, 1.807) is 42.5 Å². The van der Waals surface area contributed by atoms with Crippen LogP contribution in [-0.2, 0) is 17.5 Å². The topological polar surface area (TPSA) is 64.1 Å². The third-order valence-electron chi connectivity index (χ3n) is 3.69. The molecule has 0 amide bonds. The van der Waals surface area contributed by atoms with Crippen molar-refractivity contribution in [2.24, 2.45) is 0 Å². The largest absolute Gasteiger partial charge is 0.465 e. The Bertz CT molecular complexity index is 941. The van der Waals surface area contributed by atoms with Gasteiger partial charge in [0.25, 0.3) is 0 Å². The minimum atomic E-state index is -4.64. The summed E-state index contributed by atoms with van der Waals surface area (Å²) in [7, 11) is 1.29. The Balaban J connectivity index is 1.87. The van der Waals surface area contributed by atoms with E-state index in [-0.39, 0.29) is 17.9 Å². The lowest BCUT2D eigenvalue weighted by Gasteiger charge is -2.12. The third-order valence-corrected chi connectivity index (χ3v) is 3.69. The number of nitrogens with one attached hydrogen (secondary N) is 1. The Kier molecular flexibility index (Phi) is 4.75. The van der Waals surface area contributed by atoms with Crippen molar-refractivity contribution in [1.82, 2.24) is 9.97 Å². The van der Waals surface area contributed by atoms with Gasteiger partial charge in [-0.15, -0.1) is 0 Å². The molecule has 0 aliphatic heterocycles. The number of para-hydroxylation sites is 1. The molecule has 0 bridgehead atoms. The molecule has 134 valence electrons. The number of alkyl halides is 3. The maximum Gasteiger partial charge on any atom is 0.451 e. The van der Waals surface area contributed by atoms with Crippen LogP contribution in [0.3, 0.4) is 0 Å². The van der Waals surface area contributed by atoms with Crippen LogP contribution in [0.4, 0.5) is 19.0 Å². The molecule has 0 aliphatic carbocycles. The number of methoxy groups -OCH3 is 1. The van der Waals surface area contributed by atoms with Crippen LogP contribution in [0.15, 0.2) is 48.5 Å². The molecule has 0 saturated carbocycles. The van der Waals surface area contributed by atoms with Crippen molar-refractivity contribution >= 4 is 22.7 Å². The summed E-state index contributed by atoms with van der Waals surface area (Å²) >= 11 is 0. The second-order valence-corrected chi connectivity index (χ2v) is 5.45. The molecule has 0 unspecified atom stereocenters. The van der Waals surface area contributed by atoms with Crippen molar-refractivity contribution in [3.05, 3.63) is 65.5 Å². The number of anilines is 1. The molecule has 5 nitrogen and oxygen atoms in total. The molecule has 3 aromatic rings. The van der Waals surface area contributed by atoms with E-state index in [0.717, 1.165) is 5.56 Å². The van der Waals surface area contributed by atoms with Crippen LogP contribution in [-0.4, -0.2) is 23.0 Å². The van der Waals surface area contributed by atoms with Crippen molar-refractivity contribution in [3.63, 3.8) is 0 Å². The number of hydrogen-bond donors (Lipinski definition) is 1. The lowest BCUT2D eigenvalue weighted by atomic mass is 10.1. The number of carbonyl (C=O) groups excluding carboxylic acids is 1. The molecule has 2 aromatic carbocycles. The van der Waals surface area contributed by atoms with Gasteiger partial charge in [0, 0.05) is 11.9 Å². The summed E-state index contributed by atoms with van der Waals surface area (Å²) in [6.07, 6.45) is -4.64. The van der Waals surface area contributed by atoms with Crippen LogP contribution < -0.4 is 5.32 Å². The van der Waals surface area contributed by atoms with E-state index in [1.807, 2.05) is 0 Å². The molecule has 0 saturated heterocycles. The Morgan fingerprint density at radius 3 is 2.42 bits per heavy atom. The first-order valence-corrected chi connectivity index (χ1v) is 7.63. The van der Waals surface area contributed by atoms with Gasteiger partial charge in [0.1, 0.15) is 5.82 Å². The maximum atomic E-state index is 13.0. The predicted molar refractivity (Wildman–Crippen MR) is 89.6 cm³/mol. The monoisotopic (exact) mass is 361 g/mol. The van der Waals surface area contributed by atoms with E-state index >= 15 is 0 Å². The van der Waals surface area contributed by atoms with Crippen molar-refractivity contribution in [2.45, 2.75) is 12.7 Å². The molecule has 3 rings (SSSR count). The zero-order valence-electron chi connectivity index (χ0n) is 13.7. The van der Waals surface area contributed by atoms with E-state index in [4.69, 9.17) is 0 Å². The lowest BCUT2D eigenvalue weighted by molar-refractivity contribution is -0.144. The Labute approximate surface area is 146 Å². The van der Waals surface area contributed by atoms with E-state index < -0.39 is 18.0 Å². The number of aromatic nitrogens is 2. The fourth-order valence-electron chi connectivity index (χ4n) is 2.40. The van der Waals surface area contributed by atoms with Crippen molar-refractivity contribution in [1.29, 1.82) is 0 Å². The summed E-state index contributed by atoms with van der Waals surface area (Å²) < 4.78 is 43.7. The highest BCUT2D eigenvalue weighted by atomic mass is 19.4. The zero-order chi connectivity index (χ0) is 18.7. The van der Waals surface area contributed by atoms with Gasteiger partial charge in [-0.3, -0.25) is 0 Å². The fourth-order valence-corrected chi connectivity index (χ4v) is 2.40. The van der Waals surface area contributed by atoms with Crippen LogP contribution in [0, 0.1) is 0 Å². The van der Waals surface area contributed by atoms with Crippen LogP contribution in [0.25, 0.3) is 10.9 Å². The average Bonchev–Trinajstić information content (AvgIpc) is 2.65.